The molecule has 2 N–H and O–H groups in total. The molecule has 100 valence electrons. The Balaban J connectivity index is 1.74. The van der Waals surface area contributed by atoms with E-state index >= 15 is 0 Å². The Morgan fingerprint density at radius 1 is 1.44 bits per heavy atom. The number of carboxylic acid groups (broad SMARTS) is 1. The lowest BCUT2D eigenvalue weighted by Crippen LogP contribution is -2.34. The fourth-order valence-electron chi connectivity index (χ4n) is 1.99. The molecule has 2 amide bonds. The van der Waals surface area contributed by atoms with Crippen LogP contribution in [-0.2, 0) is 19.2 Å². The van der Waals surface area contributed by atoms with Crippen LogP contribution in [0.25, 0.3) is 0 Å². The molecule has 1 atom stereocenters. The van der Waals surface area contributed by atoms with Gasteiger partial charge in [0.05, 0.1) is 5.92 Å². The summed E-state index contributed by atoms with van der Waals surface area (Å²) in [4.78, 5) is 39.7. The molecule has 1 saturated carbocycles. The molecule has 0 aromatic carbocycles. The van der Waals surface area contributed by atoms with Crippen molar-refractivity contribution in [3.05, 3.63) is 0 Å². The van der Waals surface area contributed by atoms with E-state index in [9.17, 15) is 14.4 Å². The van der Waals surface area contributed by atoms with Gasteiger partial charge in [0.25, 0.3) is 0 Å². The number of rotatable bonds is 6. The first-order chi connectivity index (χ1) is 8.56. The third-order valence-corrected chi connectivity index (χ3v) is 3.13. The Labute approximate surface area is 104 Å². The topological polar surface area (TPSA) is 95.9 Å². The number of nitrogens with one attached hydrogen (secondary N) is 1. The zero-order valence-corrected chi connectivity index (χ0v) is 9.92. The van der Waals surface area contributed by atoms with Gasteiger partial charge in [0.1, 0.15) is 0 Å². The SMILES string of the molecule is O=C(O)CONC(=O)C1CC(=O)N(CC2CC2)C1. The minimum Gasteiger partial charge on any atom is -0.479 e. The van der Waals surface area contributed by atoms with Crippen LogP contribution in [0.4, 0.5) is 0 Å². The quantitative estimate of drug-likeness (QED) is 0.617. The second kappa shape index (κ2) is 5.34. The van der Waals surface area contributed by atoms with Crippen molar-refractivity contribution < 1.29 is 24.3 Å². The van der Waals surface area contributed by atoms with Crippen LogP contribution in [0.5, 0.6) is 0 Å². The third kappa shape index (κ3) is 3.43. The number of hydrogen-bond donors (Lipinski definition) is 2. The number of carbonyl (C=O) groups excluding carboxylic acids is 2. The van der Waals surface area contributed by atoms with E-state index in [2.05, 4.69) is 10.3 Å². The van der Waals surface area contributed by atoms with Gasteiger partial charge >= 0.3 is 5.97 Å². The van der Waals surface area contributed by atoms with E-state index in [0.717, 1.165) is 19.4 Å². The average Bonchev–Trinajstić information content (AvgIpc) is 3.02. The van der Waals surface area contributed by atoms with Crippen LogP contribution in [0.15, 0.2) is 0 Å². The highest BCUT2D eigenvalue weighted by Gasteiger charge is 2.37. The zero-order valence-electron chi connectivity index (χ0n) is 9.92. The van der Waals surface area contributed by atoms with Crippen LogP contribution < -0.4 is 5.48 Å². The Bertz CT molecular complexity index is 366. The number of carboxylic acids is 1. The highest BCUT2D eigenvalue weighted by molar-refractivity contribution is 5.88. The van der Waals surface area contributed by atoms with Crippen LogP contribution >= 0.6 is 0 Å². The van der Waals surface area contributed by atoms with Crippen molar-refractivity contribution in [2.75, 3.05) is 19.7 Å². The van der Waals surface area contributed by atoms with E-state index in [4.69, 9.17) is 5.11 Å². The molecule has 0 bridgehead atoms. The molecule has 0 spiro atoms. The smallest absolute Gasteiger partial charge is 0.332 e. The van der Waals surface area contributed by atoms with Crippen LogP contribution in [0.3, 0.4) is 0 Å². The predicted octanol–water partition coefficient (Wildman–Crippen LogP) is -0.623. The van der Waals surface area contributed by atoms with E-state index in [1.807, 2.05) is 0 Å². The standard InChI is InChI=1S/C11H16N2O5/c14-9-3-8(5-13(9)4-7-1-2-7)11(17)12-18-6-10(15)16/h7-8H,1-6H2,(H,12,17)(H,15,16). The largest absolute Gasteiger partial charge is 0.479 e. The molecule has 1 aliphatic heterocycles. The van der Waals surface area contributed by atoms with E-state index in [1.165, 1.54) is 0 Å². The van der Waals surface area contributed by atoms with Crippen molar-refractivity contribution >= 4 is 17.8 Å². The second-order valence-corrected chi connectivity index (χ2v) is 4.79. The number of carbonyl (C=O) groups is 3. The highest BCUT2D eigenvalue weighted by atomic mass is 16.7. The first-order valence-corrected chi connectivity index (χ1v) is 5.97. The van der Waals surface area contributed by atoms with Gasteiger partial charge in [-0.15, -0.1) is 0 Å². The zero-order chi connectivity index (χ0) is 13.1. The summed E-state index contributed by atoms with van der Waals surface area (Å²) in [7, 11) is 0. The van der Waals surface area contributed by atoms with Gasteiger partial charge in [0, 0.05) is 19.5 Å². The molecule has 0 aromatic rings. The molecule has 1 aliphatic carbocycles. The summed E-state index contributed by atoms with van der Waals surface area (Å²) in [6.07, 6.45) is 2.49. The van der Waals surface area contributed by atoms with E-state index < -0.39 is 24.4 Å². The van der Waals surface area contributed by atoms with Gasteiger partial charge in [-0.25, -0.2) is 10.3 Å². The van der Waals surface area contributed by atoms with Crippen LogP contribution in [-0.4, -0.2) is 47.5 Å². The van der Waals surface area contributed by atoms with Crippen LogP contribution in [0.1, 0.15) is 19.3 Å². The van der Waals surface area contributed by atoms with Crippen LogP contribution in [0, 0.1) is 11.8 Å². The van der Waals surface area contributed by atoms with Crippen molar-refractivity contribution in [2.24, 2.45) is 11.8 Å². The summed E-state index contributed by atoms with van der Waals surface area (Å²) in [6, 6.07) is 0. The van der Waals surface area contributed by atoms with Gasteiger partial charge in [-0.05, 0) is 18.8 Å². The van der Waals surface area contributed by atoms with Gasteiger partial charge in [0.2, 0.25) is 11.8 Å². The number of hydrogen-bond acceptors (Lipinski definition) is 4. The lowest BCUT2D eigenvalue weighted by molar-refractivity contribution is -0.150. The molecule has 18 heavy (non-hydrogen) atoms. The molecule has 0 aromatic heterocycles. The maximum atomic E-state index is 11.6. The van der Waals surface area contributed by atoms with Gasteiger partial charge < -0.3 is 10.0 Å². The lowest BCUT2D eigenvalue weighted by Gasteiger charge is -2.15. The normalized spacial score (nSPS) is 23.2. The number of amides is 2. The monoisotopic (exact) mass is 256 g/mol. The van der Waals surface area contributed by atoms with E-state index in [-0.39, 0.29) is 12.3 Å². The molecular weight excluding hydrogens is 240 g/mol. The fraction of sp³-hybridized carbons (Fsp3) is 0.727. The molecule has 2 fully saturated rings. The average molecular weight is 256 g/mol. The fourth-order valence-corrected chi connectivity index (χ4v) is 1.99. The molecule has 2 aliphatic rings. The van der Waals surface area contributed by atoms with Crippen molar-refractivity contribution in [1.29, 1.82) is 0 Å². The number of likely N-dealkylation sites (tertiary alicyclic amines) is 1. The van der Waals surface area contributed by atoms with Gasteiger partial charge in [-0.2, -0.15) is 0 Å². The highest BCUT2D eigenvalue weighted by Crippen LogP contribution is 2.31. The summed E-state index contributed by atoms with van der Waals surface area (Å²) in [6.45, 7) is 0.550. The molecule has 1 saturated heterocycles. The lowest BCUT2D eigenvalue weighted by atomic mass is 10.1. The first-order valence-electron chi connectivity index (χ1n) is 5.97. The number of aliphatic carboxylic acids is 1. The van der Waals surface area contributed by atoms with E-state index in [0.29, 0.717) is 12.5 Å². The molecule has 2 rings (SSSR count). The summed E-state index contributed by atoms with van der Waals surface area (Å²) in [5.41, 5.74) is 2.07. The number of nitrogens with zero attached hydrogens (tertiary/aromatic N) is 1. The van der Waals surface area contributed by atoms with E-state index in [1.54, 1.807) is 4.90 Å². The minimum absolute atomic E-state index is 0.0136. The molecule has 1 heterocycles. The Kier molecular flexibility index (Phi) is 3.81. The maximum absolute atomic E-state index is 11.6. The van der Waals surface area contributed by atoms with Crippen molar-refractivity contribution in [2.45, 2.75) is 19.3 Å². The molecule has 0 radical (unpaired) electrons. The second-order valence-electron chi connectivity index (χ2n) is 4.79. The van der Waals surface area contributed by atoms with Gasteiger partial charge in [-0.1, -0.05) is 0 Å². The molecule has 7 nitrogen and oxygen atoms in total. The Morgan fingerprint density at radius 3 is 2.78 bits per heavy atom. The summed E-state index contributed by atoms with van der Waals surface area (Å²) >= 11 is 0. The summed E-state index contributed by atoms with van der Waals surface area (Å²) < 4.78 is 0. The molecular formula is C11H16N2O5. The van der Waals surface area contributed by atoms with Crippen LogP contribution in [0.2, 0.25) is 0 Å². The Morgan fingerprint density at radius 2 is 2.17 bits per heavy atom. The van der Waals surface area contributed by atoms with Gasteiger partial charge in [-0.3, -0.25) is 14.4 Å². The minimum atomic E-state index is -1.16. The summed E-state index contributed by atoms with van der Waals surface area (Å²) in [5.74, 6) is -1.44. The maximum Gasteiger partial charge on any atom is 0.332 e. The first kappa shape index (κ1) is 12.8. The molecule has 7 heteroatoms. The number of hydroxylamine groups is 1. The van der Waals surface area contributed by atoms with Gasteiger partial charge in [0.15, 0.2) is 6.61 Å². The molecule has 1 unspecified atom stereocenters. The third-order valence-electron chi connectivity index (χ3n) is 3.13. The summed E-state index contributed by atoms with van der Waals surface area (Å²) in [5, 5.41) is 8.34. The van der Waals surface area contributed by atoms with Crippen molar-refractivity contribution in [3.8, 4) is 0 Å². The predicted molar refractivity (Wildman–Crippen MR) is 59.1 cm³/mol. The Hall–Kier alpha value is -1.63. The van der Waals surface area contributed by atoms with Crippen molar-refractivity contribution in [1.82, 2.24) is 10.4 Å². The van der Waals surface area contributed by atoms with Crippen molar-refractivity contribution in [3.63, 3.8) is 0 Å².